The molecule has 3 rings (SSSR count). The topological polar surface area (TPSA) is 89.2 Å². The van der Waals surface area contributed by atoms with Gasteiger partial charge in [0.25, 0.3) is 5.69 Å². The predicted molar refractivity (Wildman–Crippen MR) is 96.8 cm³/mol. The number of benzene rings is 2. The van der Waals surface area contributed by atoms with Gasteiger partial charge in [-0.3, -0.25) is 14.9 Å². The van der Waals surface area contributed by atoms with Gasteiger partial charge in [0.2, 0.25) is 5.91 Å². The number of thioether (sulfide) groups is 1. The zero-order chi connectivity index (χ0) is 17.8. The van der Waals surface area contributed by atoms with Crippen molar-refractivity contribution < 1.29 is 9.72 Å². The summed E-state index contributed by atoms with van der Waals surface area (Å²) in [4.78, 5) is 24.1. The first-order valence-corrected chi connectivity index (χ1v) is 8.39. The van der Waals surface area contributed by atoms with Crippen LogP contribution in [0.2, 0.25) is 0 Å². The van der Waals surface area contributed by atoms with Gasteiger partial charge >= 0.3 is 0 Å². The van der Waals surface area contributed by atoms with Crippen LogP contribution >= 0.6 is 11.8 Å². The second-order valence-electron chi connectivity index (χ2n) is 5.25. The van der Waals surface area contributed by atoms with Gasteiger partial charge < -0.3 is 4.90 Å². The molecule has 7 nitrogen and oxygen atoms in total. The number of fused-ring (bicyclic) bond motifs is 1. The Morgan fingerprint density at radius 2 is 1.92 bits per heavy atom. The molecule has 0 bridgehead atoms. The van der Waals surface area contributed by atoms with Gasteiger partial charge in [-0.1, -0.05) is 36.0 Å². The Labute approximate surface area is 147 Å². The Balaban J connectivity index is 1.70. The van der Waals surface area contributed by atoms with Crippen LogP contribution in [-0.4, -0.2) is 33.8 Å². The van der Waals surface area contributed by atoms with Crippen molar-refractivity contribution in [1.82, 2.24) is 10.2 Å². The van der Waals surface area contributed by atoms with E-state index in [9.17, 15) is 14.9 Å². The van der Waals surface area contributed by atoms with Crippen molar-refractivity contribution in [2.24, 2.45) is 0 Å². The van der Waals surface area contributed by atoms with Gasteiger partial charge in [0.1, 0.15) is 5.03 Å². The summed E-state index contributed by atoms with van der Waals surface area (Å²) in [6.07, 6.45) is 1.68. The third-order valence-electron chi connectivity index (χ3n) is 3.69. The van der Waals surface area contributed by atoms with E-state index in [-0.39, 0.29) is 17.3 Å². The second kappa shape index (κ2) is 7.27. The van der Waals surface area contributed by atoms with E-state index in [1.807, 2.05) is 24.3 Å². The van der Waals surface area contributed by atoms with E-state index < -0.39 is 4.92 Å². The molecule has 0 aliphatic heterocycles. The molecule has 0 aliphatic rings. The third kappa shape index (κ3) is 3.74. The van der Waals surface area contributed by atoms with Crippen LogP contribution in [0.15, 0.2) is 59.8 Å². The van der Waals surface area contributed by atoms with Crippen molar-refractivity contribution in [3.8, 4) is 0 Å². The zero-order valence-corrected chi connectivity index (χ0v) is 14.1. The molecule has 0 N–H and O–H groups in total. The normalized spacial score (nSPS) is 10.6. The van der Waals surface area contributed by atoms with Gasteiger partial charge in [0, 0.05) is 35.6 Å². The summed E-state index contributed by atoms with van der Waals surface area (Å²) in [6, 6.07) is 13.6. The first kappa shape index (κ1) is 16.8. The maximum Gasteiger partial charge on any atom is 0.269 e. The van der Waals surface area contributed by atoms with Gasteiger partial charge in [-0.15, -0.1) is 5.10 Å². The zero-order valence-electron chi connectivity index (χ0n) is 13.3. The van der Waals surface area contributed by atoms with E-state index in [0.717, 1.165) is 10.8 Å². The minimum absolute atomic E-state index is 0.00926. The largest absolute Gasteiger partial charge is 0.315 e. The quantitative estimate of drug-likeness (QED) is 0.397. The first-order chi connectivity index (χ1) is 12.1. The van der Waals surface area contributed by atoms with E-state index in [2.05, 4.69) is 10.2 Å². The molecular formula is C17H14N4O3S. The number of rotatable bonds is 5. The molecule has 0 saturated carbocycles. The van der Waals surface area contributed by atoms with Crippen molar-refractivity contribution in [3.05, 3.63) is 64.8 Å². The molecule has 0 radical (unpaired) electrons. The molecule has 25 heavy (non-hydrogen) atoms. The summed E-state index contributed by atoms with van der Waals surface area (Å²) in [7, 11) is 1.64. The molecule has 126 valence electrons. The number of carbonyl (C=O) groups excluding carboxylic acids is 1. The monoisotopic (exact) mass is 354 g/mol. The highest BCUT2D eigenvalue weighted by Gasteiger charge is 2.14. The summed E-state index contributed by atoms with van der Waals surface area (Å²) in [5.41, 5.74) is 0.588. The Kier molecular flexibility index (Phi) is 4.90. The lowest BCUT2D eigenvalue weighted by molar-refractivity contribution is -0.384. The molecule has 0 unspecified atom stereocenters. The molecule has 0 saturated heterocycles. The number of nitro groups is 1. The third-order valence-corrected chi connectivity index (χ3v) is 4.66. The second-order valence-corrected chi connectivity index (χ2v) is 6.22. The number of anilines is 1. The number of amides is 1. The van der Waals surface area contributed by atoms with E-state index >= 15 is 0 Å². The molecule has 1 heterocycles. The highest BCUT2D eigenvalue weighted by Crippen LogP contribution is 2.25. The number of hydrogen-bond donors (Lipinski definition) is 0. The average Bonchev–Trinajstić information content (AvgIpc) is 2.65. The minimum atomic E-state index is -0.472. The molecule has 1 aromatic heterocycles. The van der Waals surface area contributed by atoms with Crippen molar-refractivity contribution in [1.29, 1.82) is 0 Å². The molecular weight excluding hydrogens is 340 g/mol. The van der Waals surface area contributed by atoms with Crippen LogP contribution in [0.5, 0.6) is 0 Å². The lowest BCUT2D eigenvalue weighted by Gasteiger charge is -2.16. The van der Waals surface area contributed by atoms with Crippen LogP contribution < -0.4 is 4.90 Å². The first-order valence-electron chi connectivity index (χ1n) is 7.40. The van der Waals surface area contributed by atoms with Gasteiger partial charge in [-0.2, -0.15) is 5.10 Å². The maximum atomic E-state index is 12.4. The molecule has 3 aromatic rings. The van der Waals surface area contributed by atoms with Crippen LogP contribution in [0.25, 0.3) is 10.8 Å². The Morgan fingerprint density at radius 3 is 2.64 bits per heavy atom. The van der Waals surface area contributed by atoms with Crippen LogP contribution in [0, 0.1) is 10.1 Å². The summed E-state index contributed by atoms with van der Waals surface area (Å²) >= 11 is 1.32. The number of aromatic nitrogens is 2. The van der Waals surface area contributed by atoms with Crippen molar-refractivity contribution in [2.45, 2.75) is 5.03 Å². The summed E-state index contributed by atoms with van der Waals surface area (Å²) < 4.78 is 0. The number of nitrogens with zero attached hydrogens (tertiary/aromatic N) is 4. The Bertz CT molecular complexity index is 925. The van der Waals surface area contributed by atoms with Crippen molar-refractivity contribution in [2.75, 3.05) is 17.7 Å². The summed E-state index contributed by atoms with van der Waals surface area (Å²) in [5, 5.41) is 21.4. The predicted octanol–water partition coefficient (Wildman–Crippen LogP) is 3.29. The van der Waals surface area contributed by atoms with Crippen LogP contribution in [0.1, 0.15) is 0 Å². The van der Waals surface area contributed by atoms with Gasteiger partial charge in [-0.25, -0.2) is 0 Å². The Hall–Kier alpha value is -3.00. The smallest absolute Gasteiger partial charge is 0.269 e. The summed E-state index contributed by atoms with van der Waals surface area (Å²) in [5.74, 6) is 0.0597. The van der Waals surface area contributed by atoms with Gasteiger partial charge in [-0.05, 0) is 12.1 Å². The molecule has 0 atom stereocenters. The number of carbonyl (C=O) groups is 1. The van der Waals surface area contributed by atoms with Crippen LogP contribution in [0.3, 0.4) is 0 Å². The number of non-ortho nitro benzene ring substituents is 1. The van der Waals surface area contributed by atoms with Gasteiger partial charge in [0.15, 0.2) is 0 Å². The molecule has 0 spiro atoms. The Morgan fingerprint density at radius 1 is 1.20 bits per heavy atom. The number of nitro benzene ring substituents is 1. The maximum absolute atomic E-state index is 12.4. The standard InChI is InChI=1S/C17H14N4O3S/c1-20(13-6-8-14(9-7-13)21(23)24)16(22)11-25-17-15-5-3-2-4-12(15)10-18-19-17/h2-10H,11H2,1H3. The summed E-state index contributed by atoms with van der Waals surface area (Å²) in [6.45, 7) is 0. The van der Waals surface area contributed by atoms with Crippen LogP contribution in [0.4, 0.5) is 11.4 Å². The highest BCUT2D eigenvalue weighted by atomic mass is 32.2. The lowest BCUT2D eigenvalue weighted by Crippen LogP contribution is -2.27. The average molecular weight is 354 g/mol. The SMILES string of the molecule is CN(C(=O)CSc1nncc2ccccc12)c1ccc([N+](=O)[O-])cc1. The fourth-order valence-corrected chi connectivity index (χ4v) is 3.18. The van der Waals surface area contributed by atoms with Crippen LogP contribution in [-0.2, 0) is 4.79 Å². The molecule has 0 aliphatic carbocycles. The van der Waals surface area contributed by atoms with E-state index in [0.29, 0.717) is 10.7 Å². The molecule has 8 heteroatoms. The van der Waals surface area contributed by atoms with Gasteiger partial charge in [0.05, 0.1) is 16.9 Å². The van der Waals surface area contributed by atoms with E-state index in [4.69, 9.17) is 0 Å². The molecule has 0 fully saturated rings. The molecule has 2 aromatic carbocycles. The fraction of sp³-hybridized carbons (Fsp3) is 0.118. The van der Waals surface area contributed by atoms with Crippen molar-refractivity contribution in [3.63, 3.8) is 0 Å². The highest BCUT2D eigenvalue weighted by molar-refractivity contribution is 8.00. The lowest BCUT2D eigenvalue weighted by atomic mass is 10.2. The molecule has 1 amide bonds. The minimum Gasteiger partial charge on any atom is -0.315 e. The fourth-order valence-electron chi connectivity index (χ4n) is 2.28. The number of hydrogen-bond acceptors (Lipinski definition) is 6. The van der Waals surface area contributed by atoms with E-state index in [1.165, 1.54) is 28.8 Å². The van der Waals surface area contributed by atoms with E-state index in [1.54, 1.807) is 25.4 Å². The van der Waals surface area contributed by atoms with Crippen molar-refractivity contribution >= 4 is 39.8 Å².